The fourth-order valence-electron chi connectivity index (χ4n) is 4.34. The van der Waals surface area contributed by atoms with Gasteiger partial charge in [0.15, 0.2) is 0 Å². The third-order valence-corrected chi connectivity index (χ3v) is 6.33. The lowest BCUT2D eigenvalue weighted by Gasteiger charge is -2.31. The van der Waals surface area contributed by atoms with Crippen LogP contribution in [0.4, 0.5) is 5.69 Å². The number of rotatable bonds is 6. The highest BCUT2D eigenvalue weighted by Crippen LogP contribution is 2.29. The van der Waals surface area contributed by atoms with Crippen molar-refractivity contribution in [2.45, 2.75) is 19.4 Å². The van der Waals surface area contributed by atoms with Crippen molar-refractivity contribution >= 4 is 23.2 Å². The summed E-state index contributed by atoms with van der Waals surface area (Å²) in [5, 5.41) is 7.92. The molecule has 1 aromatic heterocycles. The summed E-state index contributed by atoms with van der Waals surface area (Å²) in [5.74, 6) is 1.02. The molecule has 0 saturated carbocycles. The Labute approximate surface area is 203 Å². The van der Waals surface area contributed by atoms with Crippen LogP contribution in [0.1, 0.15) is 18.7 Å². The van der Waals surface area contributed by atoms with E-state index in [-0.39, 0.29) is 11.8 Å². The Balaban J connectivity index is 1.23. The molecule has 7 heteroatoms. The highest BCUT2D eigenvalue weighted by molar-refractivity contribution is 6.30. The Morgan fingerprint density at radius 2 is 1.76 bits per heavy atom. The van der Waals surface area contributed by atoms with Crippen LogP contribution in [0.5, 0.6) is 0 Å². The molecular formula is C27H25ClN4O2. The summed E-state index contributed by atoms with van der Waals surface area (Å²) in [6.45, 7) is 2.06. The summed E-state index contributed by atoms with van der Waals surface area (Å²) in [6, 6.07) is 25.4. The predicted molar refractivity (Wildman–Crippen MR) is 133 cm³/mol. The maximum atomic E-state index is 13.2. The molecule has 4 aromatic rings. The van der Waals surface area contributed by atoms with Crippen molar-refractivity contribution in [1.29, 1.82) is 0 Å². The van der Waals surface area contributed by atoms with Crippen LogP contribution in [0.15, 0.2) is 83.4 Å². The topological polar surface area (TPSA) is 71.3 Å². The Morgan fingerprint density at radius 1 is 1.00 bits per heavy atom. The van der Waals surface area contributed by atoms with Gasteiger partial charge in [0.25, 0.3) is 0 Å². The fourth-order valence-corrected chi connectivity index (χ4v) is 4.46. The van der Waals surface area contributed by atoms with Gasteiger partial charge in [0.1, 0.15) is 0 Å². The monoisotopic (exact) mass is 472 g/mol. The Hall–Kier alpha value is -3.48. The SMILES string of the molecule is O=C(Nc1ccccc1-c1ccccc1)C1CCCN(Cc2nc(-c3ccc(Cl)cc3)no2)C1. The number of hydrogen-bond acceptors (Lipinski definition) is 5. The molecule has 0 aliphatic carbocycles. The molecule has 5 rings (SSSR count). The first kappa shape index (κ1) is 22.3. The Bertz CT molecular complexity index is 1260. The number of likely N-dealkylation sites (tertiary alicyclic amines) is 1. The van der Waals surface area contributed by atoms with Crippen LogP contribution in [0.25, 0.3) is 22.5 Å². The van der Waals surface area contributed by atoms with Gasteiger partial charge in [-0.3, -0.25) is 9.69 Å². The largest absolute Gasteiger partial charge is 0.338 e. The van der Waals surface area contributed by atoms with Crippen molar-refractivity contribution < 1.29 is 9.32 Å². The van der Waals surface area contributed by atoms with Crippen molar-refractivity contribution in [3.8, 4) is 22.5 Å². The summed E-state index contributed by atoms with van der Waals surface area (Å²) < 4.78 is 5.47. The van der Waals surface area contributed by atoms with Crippen LogP contribution in [-0.2, 0) is 11.3 Å². The second-order valence-corrected chi connectivity index (χ2v) is 8.93. The van der Waals surface area contributed by atoms with E-state index in [0.717, 1.165) is 41.8 Å². The van der Waals surface area contributed by atoms with Gasteiger partial charge in [-0.1, -0.05) is 65.3 Å². The summed E-state index contributed by atoms with van der Waals surface area (Å²) in [6.07, 6.45) is 1.80. The minimum atomic E-state index is -0.101. The molecule has 6 nitrogen and oxygen atoms in total. The van der Waals surface area contributed by atoms with Gasteiger partial charge in [-0.25, -0.2) is 0 Å². The number of nitrogens with zero attached hydrogens (tertiary/aromatic N) is 3. The molecule has 0 spiro atoms. The zero-order valence-electron chi connectivity index (χ0n) is 18.7. The molecule has 34 heavy (non-hydrogen) atoms. The summed E-state index contributed by atoms with van der Waals surface area (Å²) in [7, 11) is 0. The number of amides is 1. The Kier molecular flexibility index (Phi) is 6.70. The average molecular weight is 473 g/mol. The highest BCUT2D eigenvalue weighted by Gasteiger charge is 2.27. The van der Waals surface area contributed by atoms with E-state index in [4.69, 9.17) is 16.1 Å². The van der Waals surface area contributed by atoms with Crippen molar-refractivity contribution in [1.82, 2.24) is 15.0 Å². The normalized spacial score (nSPS) is 16.3. The van der Waals surface area contributed by atoms with Gasteiger partial charge in [0.2, 0.25) is 17.6 Å². The maximum absolute atomic E-state index is 13.2. The highest BCUT2D eigenvalue weighted by atomic mass is 35.5. The van der Waals surface area contributed by atoms with E-state index >= 15 is 0 Å². The molecule has 3 aromatic carbocycles. The first-order valence-corrected chi connectivity index (χ1v) is 11.8. The number of nitrogens with one attached hydrogen (secondary N) is 1. The lowest BCUT2D eigenvalue weighted by molar-refractivity contribution is -0.121. The minimum Gasteiger partial charge on any atom is -0.338 e. The van der Waals surface area contributed by atoms with Crippen molar-refractivity contribution in [2.24, 2.45) is 5.92 Å². The summed E-state index contributed by atoms with van der Waals surface area (Å²) in [4.78, 5) is 19.9. The van der Waals surface area contributed by atoms with Gasteiger partial charge in [0.05, 0.1) is 12.5 Å². The number of benzene rings is 3. The van der Waals surface area contributed by atoms with Crippen molar-refractivity contribution in [3.05, 3.63) is 89.8 Å². The third kappa shape index (κ3) is 5.19. The zero-order chi connectivity index (χ0) is 23.3. The van der Waals surface area contributed by atoms with Crippen LogP contribution in [0.3, 0.4) is 0 Å². The van der Waals surface area contributed by atoms with Gasteiger partial charge >= 0.3 is 0 Å². The number of aromatic nitrogens is 2. The number of carbonyl (C=O) groups is 1. The second-order valence-electron chi connectivity index (χ2n) is 8.49. The summed E-state index contributed by atoms with van der Waals surface area (Å²) >= 11 is 5.96. The van der Waals surface area contributed by atoms with Crippen LogP contribution in [-0.4, -0.2) is 34.0 Å². The number of para-hydroxylation sites is 1. The minimum absolute atomic E-state index is 0.0421. The maximum Gasteiger partial charge on any atom is 0.241 e. The molecule has 1 N–H and O–H groups in total. The lowest BCUT2D eigenvalue weighted by Crippen LogP contribution is -2.40. The van der Waals surface area contributed by atoms with Gasteiger partial charge in [0, 0.05) is 28.4 Å². The van der Waals surface area contributed by atoms with Crippen LogP contribution >= 0.6 is 11.6 Å². The molecule has 0 radical (unpaired) electrons. The summed E-state index contributed by atoms with van der Waals surface area (Å²) in [5.41, 5.74) is 3.79. The molecule has 1 fully saturated rings. The molecule has 172 valence electrons. The van der Waals surface area contributed by atoms with E-state index in [1.54, 1.807) is 12.1 Å². The molecule has 1 saturated heterocycles. The van der Waals surface area contributed by atoms with E-state index in [9.17, 15) is 4.79 Å². The van der Waals surface area contributed by atoms with Gasteiger partial charge in [-0.2, -0.15) is 4.98 Å². The smallest absolute Gasteiger partial charge is 0.241 e. The lowest BCUT2D eigenvalue weighted by atomic mass is 9.96. The molecule has 1 unspecified atom stereocenters. The molecule has 2 heterocycles. The molecule has 1 amide bonds. The molecule has 1 aliphatic heterocycles. The first-order valence-electron chi connectivity index (χ1n) is 11.4. The predicted octanol–water partition coefficient (Wildman–Crippen LogP) is 5.91. The number of hydrogen-bond donors (Lipinski definition) is 1. The number of piperidine rings is 1. The third-order valence-electron chi connectivity index (χ3n) is 6.08. The quantitative estimate of drug-likeness (QED) is 0.378. The molecule has 1 atom stereocenters. The Morgan fingerprint density at radius 3 is 2.59 bits per heavy atom. The fraction of sp³-hybridized carbons (Fsp3) is 0.222. The van der Waals surface area contributed by atoms with Crippen molar-refractivity contribution in [2.75, 3.05) is 18.4 Å². The van der Waals surface area contributed by atoms with E-state index in [2.05, 4.69) is 32.5 Å². The molecule has 0 bridgehead atoms. The zero-order valence-corrected chi connectivity index (χ0v) is 19.4. The van der Waals surface area contributed by atoms with Gasteiger partial charge in [-0.15, -0.1) is 0 Å². The van der Waals surface area contributed by atoms with E-state index in [1.807, 2.05) is 54.6 Å². The van der Waals surface area contributed by atoms with Gasteiger partial charge in [-0.05, 0) is 55.3 Å². The van der Waals surface area contributed by atoms with Crippen molar-refractivity contribution in [3.63, 3.8) is 0 Å². The van der Waals surface area contributed by atoms with Crippen LogP contribution in [0.2, 0.25) is 5.02 Å². The second kappa shape index (κ2) is 10.2. The van der Waals surface area contributed by atoms with E-state index < -0.39 is 0 Å². The average Bonchev–Trinajstić information content (AvgIpc) is 3.34. The standard InChI is InChI=1S/C27H25ClN4O2/c28-22-14-12-20(13-15-22)26-30-25(34-31-26)18-32-16-6-9-21(17-32)27(33)29-24-11-5-4-10-23(24)19-7-2-1-3-8-19/h1-5,7-8,10-15,21H,6,9,16-18H2,(H,29,33). The van der Waals surface area contributed by atoms with E-state index in [0.29, 0.717) is 29.8 Å². The van der Waals surface area contributed by atoms with Crippen LogP contribution in [0, 0.1) is 5.92 Å². The first-order chi connectivity index (χ1) is 16.7. The van der Waals surface area contributed by atoms with Gasteiger partial charge < -0.3 is 9.84 Å². The number of carbonyl (C=O) groups excluding carboxylic acids is 1. The number of halogens is 1. The van der Waals surface area contributed by atoms with Crippen LogP contribution < -0.4 is 5.32 Å². The molecular weight excluding hydrogens is 448 g/mol. The molecule has 1 aliphatic rings. The van der Waals surface area contributed by atoms with E-state index in [1.165, 1.54) is 0 Å². The number of anilines is 1.